The van der Waals surface area contributed by atoms with Crippen LogP contribution in [0.4, 0.5) is 0 Å². The molecule has 0 unspecified atom stereocenters. The first-order valence-corrected chi connectivity index (χ1v) is 6.36. The van der Waals surface area contributed by atoms with E-state index < -0.39 is 10.0 Å². The van der Waals surface area contributed by atoms with Gasteiger partial charge in [0.25, 0.3) is 0 Å². The predicted octanol–water partition coefficient (Wildman–Crippen LogP) is 1.29. The van der Waals surface area contributed by atoms with Crippen molar-refractivity contribution in [1.29, 1.82) is 0 Å². The van der Waals surface area contributed by atoms with E-state index in [0.717, 1.165) is 18.8 Å². The van der Waals surface area contributed by atoms with E-state index in [9.17, 15) is 8.42 Å². The molecule has 1 saturated carbocycles. The van der Waals surface area contributed by atoms with Crippen LogP contribution in [-0.2, 0) is 10.0 Å². The zero-order chi connectivity index (χ0) is 9.03. The molecule has 0 aliphatic heterocycles. The number of hydrogen-bond donors (Lipinski definition) is 1. The summed E-state index contributed by atoms with van der Waals surface area (Å²) in [5.41, 5.74) is 0. The molecule has 72 valence electrons. The van der Waals surface area contributed by atoms with Gasteiger partial charge in [-0.15, -0.1) is 11.6 Å². The van der Waals surface area contributed by atoms with Crippen LogP contribution in [-0.4, -0.2) is 20.2 Å². The summed E-state index contributed by atoms with van der Waals surface area (Å²) in [7, 11) is -3.18. The van der Waals surface area contributed by atoms with Gasteiger partial charge in [-0.2, -0.15) is 0 Å². The largest absolute Gasteiger partial charge is 0.225 e. The highest BCUT2D eigenvalue weighted by atomic mass is 35.5. The smallest absolute Gasteiger partial charge is 0.214 e. The van der Waals surface area contributed by atoms with Crippen LogP contribution in [0.3, 0.4) is 0 Å². The highest BCUT2D eigenvalue weighted by molar-refractivity contribution is 7.90. The van der Waals surface area contributed by atoms with E-state index >= 15 is 0 Å². The van der Waals surface area contributed by atoms with Gasteiger partial charge in [0, 0.05) is 6.54 Å². The number of sulfonamides is 1. The first-order chi connectivity index (χ1) is 5.64. The summed E-state index contributed by atoms with van der Waals surface area (Å²) in [5, 5.41) is -0.337. The molecular weight excluding hydrogens is 198 g/mol. The Morgan fingerprint density at radius 2 is 2.08 bits per heavy atom. The fraction of sp³-hybridized carbons (Fsp3) is 1.00. The molecule has 0 heterocycles. The van der Waals surface area contributed by atoms with Gasteiger partial charge in [-0.1, -0.05) is 12.8 Å². The summed E-state index contributed by atoms with van der Waals surface area (Å²) in [6.07, 6.45) is 4.72. The average molecular weight is 212 g/mol. The Balaban J connectivity index is 2.00. The molecule has 0 aromatic heterocycles. The monoisotopic (exact) mass is 211 g/mol. The van der Waals surface area contributed by atoms with E-state index in [0.29, 0.717) is 6.54 Å². The molecule has 5 heteroatoms. The second kappa shape index (κ2) is 4.44. The Morgan fingerprint density at radius 3 is 2.58 bits per heavy atom. The van der Waals surface area contributed by atoms with Crippen molar-refractivity contribution in [2.75, 3.05) is 11.8 Å². The normalized spacial score (nSPS) is 18.1. The van der Waals surface area contributed by atoms with Crippen LogP contribution in [0.2, 0.25) is 0 Å². The van der Waals surface area contributed by atoms with Crippen LogP contribution in [0.15, 0.2) is 0 Å². The second-order valence-corrected chi connectivity index (χ2v) is 5.59. The highest BCUT2D eigenvalue weighted by Gasteiger charge is 2.20. The number of nitrogens with one attached hydrogen (secondary N) is 1. The van der Waals surface area contributed by atoms with Gasteiger partial charge >= 0.3 is 0 Å². The van der Waals surface area contributed by atoms with Crippen molar-refractivity contribution in [3.05, 3.63) is 0 Å². The number of halogens is 1. The van der Waals surface area contributed by atoms with Crippen molar-refractivity contribution in [2.24, 2.45) is 5.92 Å². The van der Waals surface area contributed by atoms with Gasteiger partial charge in [0.15, 0.2) is 0 Å². The third kappa shape index (κ3) is 4.28. The van der Waals surface area contributed by atoms with Crippen LogP contribution in [0.25, 0.3) is 0 Å². The van der Waals surface area contributed by atoms with Crippen LogP contribution in [0.5, 0.6) is 0 Å². The Hall–Kier alpha value is 0.200. The van der Waals surface area contributed by atoms with Gasteiger partial charge in [-0.25, -0.2) is 13.1 Å². The predicted molar refractivity (Wildman–Crippen MR) is 49.6 cm³/mol. The SMILES string of the molecule is O=S(=O)(CCl)NCCCC1CC1. The molecule has 0 bridgehead atoms. The van der Waals surface area contributed by atoms with E-state index in [4.69, 9.17) is 11.6 Å². The lowest BCUT2D eigenvalue weighted by Crippen LogP contribution is -2.25. The van der Waals surface area contributed by atoms with Crippen molar-refractivity contribution in [3.8, 4) is 0 Å². The van der Waals surface area contributed by atoms with Gasteiger partial charge in [0.05, 0.1) is 0 Å². The molecule has 1 aliphatic rings. The van der Waals surface area contributed by atoms with Crippen molar-refractivity contribution in [2.45, 2.75) is 25.7 Å². The minimum absolute atomic E-state index is 0.337. The lowest BCUT2D eigenvalue weighted by atomic mass is 10.2. The zero-order valence-corrected chi connectivity index (χ0v) is 8.50. The van der Waals surface area contributed by atoms with Crippen molar-refractivity contribution >= 4 is 21.6 Å². The average Bonchev–Trinajstić information content (AvgIpc) is 2.82. The minimum atomic E-state index is -3.18. The van der Waals surface area contributed by atoms with E-state index in [-0.39, 0.29) is 5.21 Å². The summed E-state index contributed by atoms with van der Waals surface area (Å²) in [6.45, 7) is 0.533. The Morgan fingerprint density at radius 1 is 1.42 bits per heavy atom. The third-order valence-corrected chi connectivity index (χ3v) is 3.74. The number of hydrogen-bond acceptors (Lipinski definition) is 2. The van der Waals surface area contributed by atoms with E-state index in [1.165, 1.54) is 12.8 Å². The summed E-state index contributed by atoms with van der Waals surface area (Å²) in [5.74, 6) is 0.866. The summed E-state index contributed by atoms with van der Waals surface area (Å²) in [6, 6.07) is 0. The molecule has 0 radical (unpaired) electrons. The van der Waals surface area contributed by atoms with Crippen LogP contribution in [0.1, 0.15) is 25.7 Å². The molecular formula is C7H14ClNO2S. The Kier molecular flexibility index (Phi) is 3.80. The maximum atomic E-state index is 10.8. The maximum absolute atomic E-state index is 10.8. The topological polar surface area (TPSA) is 46.2 Å². The van der Waals surface area contributed by atoms with Gasteiger partial charge in [-0.3, -0.25) is 0 Å². The van der Waals surface area contributed by atoms with E-state index in [1.807, 2.05) is 0 Å². The quantitative estimate of drug-likeness (QED) is 0.532. The molecule has 1 N–H and O–H groups in total. The standard InChI is InChI=1S/C7H14ClNO2S/c8-6-12(10,11)9-5-1-2-7-3-4-7/h7,9H,1-6H2. The van der Waals surface area contributed by atoms with E-state index in [2.05, 4.69) is 4.72 Å². The van der Waals surface area contributed by atoms with Crippen LogP contribution in [0, 0.1) is 5.92 Å². The zero-order valence-electron chi connectivity index (χ0n) is 6.92. The Bertz CT molecular complexity index is 224. The lowest BCUT2D eigenvalue weighted by Gasteiger charge is -2.01. The highest BCUT2D eigenvalue weighted by Crippen LogP contribution is 2.33. The molecule has 0 saturated heterocycles. The molecule has 1 rings (SSSR count). The number of rotatable bonds is 6. The van der Waals surface area contributed by atoms with Gasteiger partial charge in [0.1, 0.15) is 5.21 Å². The summed E-state index contributed by atoms with van der Waals surface area (Å²) < 4.78 is 24.1. The molecule has 1 aliphatic carbocycles. The van der Waals surface area contributed by atoms with Gasteiger partial charge in [0.2, 0.25) is 10.0 Å². The number of alkyl halides is 1. The lowest BCUT2D eigenvalue weighted by molar-refractivity contribution is 0.577. The first-order valence-electron chi connectivity index (χ1n) is 4.17. The molecule has 0 aromatic carbocycles. The van der Waals surface area contributed by atoms with E-state index in [1.54, 1.807) is 0 Å². The summed E-state index contributed by atoms with van der Waals surface area (Å²) in [4.78, 5) is 0. The first kappa shape index (κ1) is 10.3. The van der Waals surface area contributed by atoms with Crippen LogP contribution >= 0.6 is 11.6 Å². The summed E-state index contributed by atoms with van der Waals surface area (Å²) >= 11 is 5.20. The van der Waals surface area contributed by atoms with Crippen LogP contribution < -0.4 is 4.72 Å². The molecule has 0 amide bonds. The second-order valence-electron chi connectivity index (χ2n) is 3.20. The van der Waals surface area contributed by atoms with Gasteiger partial charge in [-0.05, 0) is 18.8 Å². The van der Waals surface area contributed by atoms with Gasteiger partial charge < -0.3 is 0 Å². The van der Waals surface area contributed by atoms with Crippen molar-refractivity contribution in [1.82, 2.24) is 4.72 Å². The molecule has 1 fully saturated rings. The maximum Gasteiger partial charge on any atom is 0.225 e. The molecule has 3 nitrogen and oxygen atoms in total. The molecule has 0 spiro atoms. The van der Waals surface area contributed by atoms with Crippen molar-refractivity contribution in [3.63, 3.8) is 0 Å². The third-order valence-electron chi connectivity index (χ3n) is 1.95. The molecule has 12 heavy (non-hydrogen) atoms. The minimum Gasteiger partial charge on any atom is -0.214 e. The van der Waals surface area contributed by atoms with Crippen molar-refractivity contribution < 1.29 is 8.42 Å². The molecule has 0 aromatic rings. The Labute approximate surface area is 78.5 Å². The fourth-order valence-electron chi connectivity index (χ4n) is 1.06. The molecule has 0 atom stereocenters. The fourth-order valence-corrected chi connectivity index (χ4v) is 1.83.